The number of hydrogen-bond donors (Lipinski definition) is 1. The fourth-order valence-electron chi connectivity index (χ4n) is 1.95. The molecule has 1 aliphatic rings. The number of carbonyl (C=O) groups is 2. The number of nitrogens with one attached hydrogen (secondary N) is 1. The summed E-state index contributed by atoms with van der Waals surface area (Å²) in [6, 6.07) is 12.4. The van der Waals surface area contributed by atoms with Gasteiger partial charge in [-0.2, -0.15) is 0 Å². The highest BCUT2D eigenvalue weighted by Crippen LogP contribution is 2.26. The monoisotopic (exact) mass is 253 g/mol. The first-order valence-electron chi connectivity index (χ1n) is 5.88. The Kier molecular flexibility index (Phi) is 2.56. The number of ether oxygens (including phenoxy) is 1. The average molecular weight is 253 g/mol. The van der Waals surface area contributed by atoms with Gasteiger partial charge in [-0.15, -0.1) is 0 Å². The Bertz CT molecular complexity index is 674. The highest BCUT2D eigenvalue weighted by molar-refractivity contribution is 6.21. The van der Waals surface area contributed by atoms with Gasteiger partial charge in [0, 0.05) is 0 Å². The fraction of sp³-hybridized carbons (Fsp3) is 0.0667. The molecule has 19 heavy (non-hydrogen) atoms. The molecule has 0 fully saturated rings. The van der Waals surface area contributed by atoms with Crippen molar-refractivity contribution in [3.63, 3.8) is 0 Å². The lowest BCUT2D eigenvalue weighted by molar-refractivity contribution is 0.0879. The van der Waals surface area contributed by atoms with Crippen LogP contribution in [0.15, 0.2) is 42.5 Å². The van der Waals surface area contributed by atoms with Crippen molar-refractivity contribution in [1.29, 1.82) is 0 Å². The summed E-state index contributed by atoms with van der Waals surface area (Å²) in [5.41, 5.74) is 1.89. The quantitative estimate of drug-likeness (QED) is 0.837. The van der Waals surface area contributed by atoms with Crippen molar-refractivity contribution in [3.8, 4) is 11.5 Å². The van der Waals surface area contributed by atoms with Gasteiger partial charge in [0.25, 0.3) is 11.8 Å². The maximum absolute atomic E-state index is 11.5. The van der Waals surface area contributed by atoms with Crippen molar-refractivity contribution in [2.24, 2.45) is 0 Å². The van der Waals surface area contributed by atoms with E-state index in [1.807, 2.05) is 31.2 Å². The van der Waals surface area contributed by atoms with Crippen molar-refractivity contribution in [1.82, 2.24) is 5.32 Å². The molecule has 2 aromatic carbocycles. The van der Waals surface area contributed by atoms with Crippen LogP contribution in [-0.4, -0.2) is 11.8 Å². The van der Waals surface area contributed by atoms with Crippen molar-refractivity contribution >= 4 is 11.8 Å². The lowest BCUT2D eigenvalue weighted by atomic mass is 10.1. The van der Waals surface area contributed by atoms with Crippen LogP contribution in [0.4, 0.5) is 0 Å². The maximum atomic E-state index is 11.5. The van der Waals surface area contributed by atoms with Crippen LogP contribution >= 0.6 is 0 Å². The molecule has 4 heteroatoms. The van der Waals surface area contributed by atoms with E-state index in [1.165, 1.54) is 0 Å². The maximum Gasteiger partial charge on any atom is 0.259 e. The normalized spacial score (nSPS) is 13.1. The third kappa shape index (κ3) is 2.08. The third-order valence-corrected chi connectivity index (χ3v) is 2.96. The molecule has 94 valence electrons. The van der Waals surface area contributed by atoms with Crippen molar-refractivity contribution < 1.29 is 14.3 Å². The predicted molar refractivity (Wildman–Crippen MR) is 69.5 cm³/mol. The van der Waals surface area contributed by atoms with Gasteiger partial charge >= 0.3 is 0 Å². The molecule has 3 rings (SSSR count). The van der Waals surface area contributed by atoms with Gasteiger partial charge in [-0.3, -0.25) is 14.9 Å². The zero-order valence-corrected chi connectivity index (χ0v) is 10.3. The summed E-state index contributed by atoms with van der Waals surface area (Å²) < 4.78 is 5.65. The van der Waals surface area contributed by atoms with E-state index in [1.54, 1.807) is 18.2 Å². The number of amides is 2. The topological polar surface area (TPSA) is 55.4 Å². The molecule has 1 heterocycles. The standard InChI is InChI=1S/C15H11NO3/c1-9-2-4-10(5-3-9)19-11-6-7-12-13(8-11)15(18)16-14(12)17/h2-8H,1H3,(H,16,17,18). The molecule has 0 spiro atoms. The second-order valence-corrected chi connectivity index (χ2v) is 4.41. The van der Waals surface area contributed by atoms with Crippen molar-refractivity contribution in [3.05, 3.63) is 59.2 Å². The number of imide groups is 1. The molecule has 0 bridgehead atoms. The number of benzene rings is 2. The number of carbonyl (C=O) groups excluding carboxylic acids is 2. The Hall–Kier alpha value is -2.62. The molecule has 0 aliphatic carbocycles. The first kappa shape index (κ1) is 11.5. The van der Waals surface area contributed by atoms with Gasteiger partial charge in [-0.25, -0.2) is 0 Å². The average Bonchev–Trinajstić information content (AvgIpc) is 2.68. The number of rotatable bonds is 2. The molecular weight excluding hydrogens is 242 g/mol. The smallest absolute Gasteiger partial charge is 0.259 e. The van der Waals surface area contributed by atoms with Crippen LogP contribution in [0.3, 0.4) is 0 Å². The molecule has 1 N–H and O–H groups in total. The zero-order chi connectivity index (χ0) is 13.4. The lowest BCUT2D eigenvalue weighted by Gasteiger charge is -2.06. The van der Waals surface area contributed by atoms with Crippen LogP contribution in [-0.2, 0) is 0 Å². The molecule has 0 aromatic heterocycles. The van der Waals surface area contributed by atoms with E-state index >= 15 is 0 Å². The van der Waals surface area contributed by atoms with E-state index in [-0.39, 0.29) is 11.8 Å². The first-order chi connectivity index (χ1) is 9.13. The van der Waals surface area contributed by atoms with Crippen LogP contribution < -0.4 is 10.1 Å². The van der Waals surface area contributed by atoms with Gasteiger partial charge in [0.2, 0.25) is 0 Å². The molecule has 0 atom stereocenters. The molecule has 4 nitrogen and oxygen atoms in total. The molecule has 2 amide bonds. The molecule has 0 saturated heterocycles. The van der Waals surface area contributed by atoms with E-state index in [0.29, 0.717) is 22.6 Å². The summed E-state index contributed by atoms with van der Waals surface area (Å²) in [7, 11) is 0. The largest absolute Gasteiger partial charge is 0.457 e. The van der Waals surface area contributed by atoms with Gasteiger partial charge < -0.3 is 4.74 Å². The first-order valence-corrected chi connectivity index (χ1v) is 5.88. The van der Waals surface area contributed by atoms with Crippen molar-refractivity contribution in [2.45, 2.75) is 6.92 Å². The van der Waals surface area contributed by atoms with Gasteiger partial charge in [0.15, 0.2) is 0 Å². The van der Waals surface area contributed by atoms with E-state index in [2.05, 4.69) is 5.32 Å². The second-order valence-electron chi connectivity index (χ2n) is 4.41. The highest BCUT2D eigenvalue weighted by Gasteiger charge is 2.26. The van der Waals surface area contributed by atoms with Gasteiger partial charge in [0.05, 0.1) is 11.1 Å². The minimum atomic E-state index is -0.380. The summed E-state index contributed by atoms with van der Waals surface area (Å²) in [6.45, 7) is 2.00. The van der Waals surface area contributed by atoms with Gasteiger partial charge in [-0.05, 0) is 37.3 Å². The Morgan fingerprint density at radius 3 is 2.21 bits per heavy atom. The van der Waals surface area contributed by atoms with Crippen LogP contribution in [0.2, 0.25) is 0 Å². The van der Waals surface area contributed by atoms with E-state index in [0.717, 1.165) is 5.56 Å². The molecule has 0 saturated carbocycles. The van der Waals surface area contributed by atoms with E-state index in [9.17, 15) is 9.59 Å². The Balaban J connectivity index is 1.91. The highest BCUT2D eigenvalue weighted by atomic mass is 16.5. The SMILES string of the molecule is Cc1ccc(Oc2ccc3c(c2)C(=O)NC3=O)cc1. The van der Waals surface area contributed by atoms with Crippen LogP contribution in [0, 0.1) is 6.92 Å². The molecular formula is C15H11NO3. The minimum absolute atomic E-state index is 0.356. The van der Waals surface area contributed by atoms with Gasteiger partial charge in [0.1, 0.15) is 11.5 Å². The van der Waals surface area contributed by atoms with Crippen LogP contribution in [0.25, 0.3) is 0 Å². The van der Waals surface area contributed by atoms with Gasteiger partial charge in [-0.1, -0.05) is 17.7 Å². The van der Waals surface area contributed by atoms with E-state index < -0.39 is 0 Å². The Morgan fingerprint density at radius 1 is 0.842 bits per heavy atom. The molecule has 0 radical (unpaired) electrons. The summed E-state index contributed by atoms with van der Waals surface area (Å²) in [4.78, 5) is 22.9. The van der Waals surface area contributed by atoms with E-state index in [4.69, 9.17) is 4.74 Å². The fourth-order valence-corrected chi connectivity index (χ4v) is 1.95. The summed E-state index contributed by atoms with van der Waals surface area (Å²) in [6.07, 6.45) is 0. The Morgan fingerprint density at radius 2 is 1.47 bits per heavy atom. The van der Waals surface area contributed by atoms with Crippen molar-refractivity contribution in [2.75, 3.05) is 0 Å². The number of aryl methyl sites for hydroxylation is 1. The summed E-state index contributed by atoms with van der Waals surface area (Å²) >= 11 is 0. The molecule has 0 unspecified atom stereocenters. The second kappa shape index (κ2) is 4.24. The molecule has 1 aliphatic heterocycles. The summed E-state index contributed by atoms with van der Waals surface area (Å²) in [5.74, 6) is 0.485. The third-order valence-electron chi connectivity index (χ3n) is 2.96. The minimum Gasteiger partial charge on any atom is -0.457 e. The number of hydrogen-bond acceptors (Lipinski definition) is 3. The Labute approximate surface area is 110 Å². The predicted octanol–water partition coefficient (Wildman–Crippen LogP) is 2.67. The number of fused-ring (bicyclic) bond motifs is 1. The zero-order valence-electron chi connectivity index (χ0n) is 10.3. The van der Waals surface area contributed by atoms with Crippen LogP contribution in [0.5, 0.6) is 11.5 Å². The lowest BCUT2D eigenvalue weighted by Crippen LogP contribution is -2.19. The molecule has 2 aromatic rings. The van der Waals surface area contributed by atoms with Crippen LogP contribution in [0.1, 0.15) is 26.3 Å². The summed E-state index contributed by atoms with van der Waals surface area (Å²) in [5, 5.41) is 2.25.